The van der Waals surface area contributed by atoms with Gasteiger partial charge in [-0.25, -0.2) is 4.79 Å². The lowest BCUT2D eigenvalue weighted by Gasteiger charge is -2.35. The fourth-order valence-corrected chi connectivity index (χ4v) is 5.43. The zero-order chi connectivity index (χ0) is 21.8. The first-order valence-electron chi connectivity index (χ1n) is 11.7. The second kappa shape index (κ2) is 9.71. The van der Waals surface area contributed by atoms with Gasteiger partial charge in [-0.15, -0.1) is 0 Å². The van der Waals surface area contributed by atoms with Crippen LogP contribution in [0, 0.1) is 5.92 Å². The Morgan fingerprint density at radius 3 is 2.45 bits per heavy atom. The Morgan fingerprint density at radius 2 is 1.74 bits per heavy atom. The number of fused-ring (bicyclic) bond motifs is 1. The van der Waals surface area contributed by atoms with Gasteiger partial charge in [0, 0.05) is 30.7 Å². The fraction of sp³-hybridized carbons (Fsp3) is 0.625. The van der Waals surface area contributed by atoms with E-state index in [1.54, 1.807) is 11.8 Å². The van der Waals surface area contributed by atoms with Gasteiger partial charge in [0.1, 0.15) is 6.04 Å². The van der Waals surface area contributed by atoms with Crippen molar-refractivity contribution in [3.05, 3.63) is 35.9 Å². The molecule has 0 aromatic heterocycles. The second-order valence-corrected chi connectivity index (χ2v) is 8.91. The molecule has 3 fully saturated rings. The molecule has 0 bridgehead atoms. The molecule has 4 rings (SSSR count). The van der Waals surface area contributed by atoms with Crippen LogP contribution in [0.15, 0.2) is 30.3 Å². The molecule has 3 atom stereocenters. The van der Waals surface area contributed by atoms with E-state index in [0.717, 1.165) is 25.7 Å². The van der Waals surface area contributed by atoms with Crippen molar-refractivity contribution in [3.63, 3.8) is 0 Å². The van der Waals surface area contributed by atoms with E-state index in [0.29, 0.717) is 44.0 Å². The minimum atomic E-state index is -0.413. The molecule has 7 nitrogen and oxygen atoms in total. The average Bonchev–Trinajstić information content (AvgIpc) is 3.19. The SMILES string of the molecule is CCOC(=O)N1CCC(NC(=O)C2CC3CCCCC3N2C(=O)c2ccccc2)CC1. The van der Waals surface area contributed by atoms with Gasteiger partial charge in [0.05, 0.1) is 6.61 Å². The van der Waals surface area contributed by atoms with Crippen LogP contribution in [-0.4, -0.2) is 65.5 Å². The third-order valence-corrected chi connectivity index (χ3v) is 7.01. The number of carbonyl (C=O) groups is 3. The van der Waals surface area contributed by atoms with Gasteiger partial charge < -0.3 is 19.9 Å². The summed E-state index contributed by atoms with van der Waals surface area (Å²) in [5.74, 6) is 0.323. The summed E-state index contributed by atoms with van der Waals surface area (Å²) in [5, 5.41) is 3.19. The predicted octanol–water partition coefficient (Wildman–Crippen LogP) is 3.20. The molecule has 1 aliphatic carbocycles. The van der Waals surface area contributed by atoms with Crippen molar-refractivity contribution in [2.45, 2.75) is 70.0 Å². The molecule has 2 aliphatic heterocycles. The van der Waals surface area contributed by atoms with E-state index in [2.05, 4.69) is 5.32 Å². The van der Waals surface area contributed by atoms with Gasteiger partial charge in [-0.2, -0.15) is 0 Å². The van der Waals surface area contributed by atoms with Gasteiger partial charge in [0.2, 0.25) is 5.91 Å². The number of hydrogen-bond acceptors (Lipinski definition) is 4. The summed E-state index contributed by atoms with van der Waals surface area (Å²) >= 11 is 0. The number of piperidine rings is 1. The summed E-state index contributed by atoms with van der Waals surface area (Å²) in [6, 6.07) is 9.07. The van der Waals surface area contributed by atoms with Crippen LogP contribution >= 0.6 is 0 Å². The topological polar surface area (TPSA) is 79.0 Å². The lowest BCUT2D eigenvalue weighted by molar-refractivity contribution is -0.126. The third-order valence-electron chi connectivity index (χ3n) is 7.01. The minimum Gasteiger partial charge on any atom is -0.450 e. The first kappa shape index (κ1) is 21.7. The molecule has 1 aromatic rings. The summed E-state index contributed by atoms with van der Waals surface area (Å²) < 4.78 is 5.07. The standard InChI is InChI=1S/C24H33N3O4/c1-2-31-24(30)26-14-12-19(13-15-26)25-22(28)21-16-18-10-6-7-11-20(18)27(21)23(29)17-8-4-3-5-9-17/h3-5,8-9,18-21H,2,6-7,10-16H2,1H3,(H,25,28). The highest BCUT2D eigenvalue weighted by molar-refractivity contribution is 5.98. The van der Waals surface area contributed by atoms with E-state index >= 15 is 0 Å². The van der Waals surface area contributed by atoms with Crippen LogP contribution < -0.4 is 5.32 Å². The number of benzene rings is 1. The number of amides is 3. The second-order valence-electron chi connectivity index (χ2n) is 8.91. The summed E-state index contributed by atoms with van der Waals surface area (Å²) in [7, 11) is 0. The molecule has 31 heavy (non-hydrogen) atoms. The van der Waals surface area contributed by atoms with Crippen LogP contribution in [0.2, 0.25) is 0 Å². The number of rotatable bonds is 4. The largest absolute Gasteiger partial charge is 0.450 e. The predicted molar refractivity (Wildman–Crippen MR) is 117 cm³/mol. The Morgan fingerprint density at radius 1 is 1.03 bits per heavy atom. The van der Waals surface area contributed by atoms with E-state index < -0.39 is 6.04 Å². The summed E-state index contributed by atoms with van der Waals surface area (Å²) in [5.41, 5.74) is 0.647. The monoisotopic (exact) mass is 427 g/mol. The van der Waals surface area contributed by atoms with Crippen molar-refractivity contribution in [2.24, 2.45) is 5.92 Å². The van der Waals surface area contributed by atoms with Gasteiger partial charge in [0.25, 0.3) is 5.91 Å². The van der Waals surface area contributed by atoms with E-state index in [-0.39, 0.29) is 30.0 Å². The van der Waals surface area contributed by atoms with Gasteiger partial charge in [0.15, 0.2) is 0 Å². The van der Waals surface area contributed by atoms with Crippen molar-refractivity contribution in [2.75, 3.05) is 19.7 Å². The Labute approximate surface area is 184 Å². The van der Waals surface area contributed by atoms with Gasteiger partial charge in [-0.05, 0) is 57.1 Å². The first-order valence-corrected chi connectivity index (χ1v) is 11.7. The molecule has 1 N–H and O–H groups in total. The maximum Gasteiger partial charge on any atom is 0.409 e. The Bertz CT molecular complexity index is 791. The van der Waals surface area contributed by atoms with E-state index in [9.17, 15) is 14.4 Å². The summed E-state index contributed by atoms with van der Waals surface area (Å²) in [6.45, 7) is 3.32. The fourth-order valence-electron chi connectivity index (χ4n) is 5.43. The molecule has 3 aliphatic rings. The molecule has 2 saturated heterocycles. The first-order chi connectivity index (χ1) is 15.1. The van der Waals surface area contributed by atoms with Crippen molar-refractivity contribution in [1.82, 2.24) is 15.1 Å². The zero-order valence-corrected chi connectivity index (χ0v) is 18.3. The molecule has 3 unspecified atom stereocenters. The maximum absolute atomic E-state index is 13.4. The van der Waals surface area contributed by atoms with Crippen molar-refractivity contribution >= 4 is 17.9 Å². The van der Waals surface area contributed by atoms with Crippen LogP contribution in [0.1, 0.15) is 62.2 Å². The number of likely N-dealkylation sites (tertiary alicyclic amines) is 2. The number of ether oxygens (including phenoxy) is 1. The zero-order valence-electron chi connectivity index (χ0n) is 18.3. The lowest BCUT2D eigenvalue weighted by Crippen LogP contribution is -2.53. The highest BCUT2D eigenvalue weighted by Crippen LogP contribution is 2.40. The Hall–Kier alpha value is -2.57. The number of nitrogens with one attached hydrogen (secondary N) is 1. The van der Waals surface area contributed by atoms with E-state index in [4.69, 9.17) is 4.74 Å². The molecule has 1 saturated carbocycles. The van der Waals surface area contributed by atoms with Crippen LogP contribution in [0.3, 0.4) is 0 Å². The summed E-state index contributed by atoms with van der Waals surface area (Å²) in [6.07, 6.45) is 6.22. The third kappa shape index (κ3) is 4.70. The van der Waals surface area contributed by atoms with Crippen LogP contribution in [-0.2, 0) is 9.53 Å². The molecule has 0 spiro atoms. The molecular formula is C24H33N3O4. The molecular weight excluding hydrogens is 394 g/mol. The molecule has 0 radical (unpaired) electrons. The Balaban J connectivity index is 1.42. The smallest absolute Gasteiger partial charge is 0.409 e. The maximum atomic E-state index is 13.4. The molecule has 2 heterocycles. The lowest BCUT2D eigenvalue weighted by atomic mass is 9.84. The number of carbonyl (C=O) groups excluding carboxylic acids is 3. The highest BCUT2D eigenvalue weighted by atomic mass is 16.6. The van der Waals surface area contributed by atoms with Crippen LogP contribution in [0.4, 0.5) is 4.79 Å². The van der Waals surface area contributed by atoms with Crippen molar-refractivity contribution < 1.29 is 19.1 Å². The summed E-state index contributed by atoms with van der Waals surface area (Å²) in [4.78, 5) is 42.2. The minimum absolute atomic E-state index is 0.0227. The van der Waals surface area contributed by atoms with Gasteiger partial charge >= 0.3 is 6.09 Å². The van der Waals surface area contributed by atoms with Crippen molar-refractivity contribution in [3.8, 4) is 0 Å². The normalized spacial score (nSPS) is 26.3. The average molecular weight is 428 g/mol. The van der Waals surface area contributed by atoms with Gasteiger partial charge in [-0.1, -0.05) is 31.0 Å². The van der Waals surface area contributed by atoms with Crippen LogP contribution in [0.25, 0.3) is 0 Å². The molecule has 3 amide bonds. The number of hydrogen-bond donors (Lipinski definition) is 1. The highest BCUT2D eigenvalue weighted by Gasteiger charge is 2.47. The number of nitrogens with zero attached hydrogens (tertiary/aromatic N) is 2. The van der Waals surface area contributed by atoms with E-state index in [1.807, 2.05) is 35.2 Å². The quantitative estimate of drug-likeness (QED) is 0.800. The Kier molecular flexibility index (Phi) is 6.78. The molecule has 1 aromatic carbocycles. The van der Waals surface area contributed by atoms with Crippen LogP contribution in [0.5, 0.6) is 0 Å². The van der Waals surface area contributed by atoms with E-state index in [1.165, 1.54) is 6.42 Å². The van der Waals surface area contributed by atoms with Gasteiger partial charge in [-0.3, -0.25) is 9.59 Å². The van der Waals surface area contributed by atoms with Crippen molar-refractivity contribution in [1.29, 1.82) is 0 Å². The molecule has 7 heteroatoms. The molecule has 168 valence electrons.